The molecule has 0 fully saturated rings. The van der Waals surface area contributed by atoms with Gasteiger partial charge in [0.2, 0.25) is 0 Å². The number of nitrogens with zero attached hydrogens (tertiary/aromatic N) is 1. The summed E-state index contributed by atoms with van der Waals surface area (Å²) in [5, 5.41) is 4.07. The van der Waals surface area contributed by atoms with Gasteiger partial charge >= 0.3 is 0 Å². The van der Waals surface area contributed by atoms with Gasteiger partial charge < -0.3 is 15.0 Å². The van der Waals surface area contributed by atoms with Crippen molar-refractivity contribution < 1.29 is 4.74 Å². The van der Waals surface area contributed by atoms with E-state index < -0.39 is 0 Å². The van der Waals surface area contributed by atoms with Gasteiger partial charge in [-0.15, -0.1) is 6.58 Å². The van der Waals surface area contributed by atoms with Gasteiger partial charge in [0.05, 0.1) is 0 Å². The topological polar surface area (TPSA) is 24.5 Å². The van der Waals surface area contributed by atoms with Crippen LogP contribution in [-0.2, 0) is 6.42 Å². The summed E-state index contributed by atoms with van der Waals surface area (Å²) >= 11 is 5.98. The summed E-state index contributed by atoms with van der Waals surface area (Å²) in [6, 6.07) is 5.70. The second kappa shape index (κ2) is 8.97. The molecule has 3 nitrogen and oxygen atoms in total. The molecule has 1 aromatic carbocycles. The van der Waals surface area contributed by atoms with Crippen LogP contribution in [0.25, 0.3) is 0 Å². The Bertz CT molecular complexity index is 394. The minimum Gasteiger partial charge on any atom is -0.492 e. The highest BCUT2D eigenvalue weighted by Crippen LogP contribution is 2.23. The number of hydrogen-bond acceptors (Lipinski definition) is 3. The molecule has 0 spiro atoms. The predicted molar refractivity (Wildman–Crippen MR) is 82.3 cm³/mol. The molecule has 106 valence electrons. The van der Waals surface area contributed by atoms with E-state index in [-0.39, 0.29) is 0 Å². The maximum atomic E-state index is 5.98. The van der Waals surface area contributed by atoms with Crippen molar-refractivity contribution in [2.75, 3.05) is 40.3 Å². The van der Waals surface area contributed by atoms with Gasteiger partial charge in [-0.25, -0.2) is 0 Å². The zero-order valence-corrected chi connectivity index (χ0v) is 12.5. The molecule has 0 aromatic heterocycles. The van der Waals surface area contributed by atoms with Crippen LogP contribution in [0.5, 0.6) is 5.75 Å². The SMILES string of the molecule is C=CCc1cc(Cl)ccc1OCCNCCN(C)C. The van der Waals surface area contributed by atoms with Gasteiger partial charge in [0.1, 0.15) is 12.4 Å². The fourth-order valence-electron chi connectivity index (χ4n) is 1.66. The Hall–Kier alpha value is -1.03. The summed E-state index contributed by atoms with van der Waals surface area (Å²) in [5.41, 5.74) is 1.08. The Morgan fingerprint density at radius 1 is 1.37 bits per heavy atom. The fraction of sp³-hybridized carbons (Fsp3) is 0.467. The maximum absolute atomic E-state index is 5.98. The number of ether oxygens (including phenoxy) is 1. The maximum Gasteiger partial charge on any atom is 0.122 e. The third-order valence-corrected chi connectivity index (χ3v) is 2.89. The van der Waals surface area contributed by atoms with E-state index >= 15 is 0 Å². The number of likely N-dealkylation sites (N-methyl/N-ethyl adjacent to an activating group) is 1. The lowest BCUT2D eigenvalue weighted by atomic mass is 10.1. The van der Waals surface area contributed by atoms with Gasteiger partial charge in [0, 0.05) is 24.7 Å². The van der Waals surface area contributed by atoms with Crippen LogP contribution in [0.1, 0.15) is 5.56 Å². The van der Waals surface area contributed by atoms with E-state index in [0.29, 0.717) is 6.61 Å². The van der Waals surface area contributed by atoms with E-state index in [1.165, 1.54) is 0 Å². The lowest BCUT2D eigenvalue weighted by Gasteiger charge is -2.13. The molecule has 0 radical (unpaired) electrons. The summed E-state index contributed by atoms with van der Waals surface area (Å²) in [7, 11) is 4.13. The number of hydrogen-bond donors (Lipinski definition) is 1. The van der Waals surface area contributed by atoms with E-state index in [2.05, 4.69) is 30.9 Å². The summed E-state index contributed by atoms with van der Waals surface area (Å²) in [5.74, 6) is 0.888. The van der Waals surface area contributed by atoms with Gasteiger partial charge in [-0.2, -0.15) is 0 Å². The number of rotatable bonds is 9. The molecular weight excluding hydrogens is 260 g/mol. The normalized spacial score (nSPS) is 10.7. The molecule has 0 atom stereocenters. The van der Waals surface area contributed by atoms with Crippen molar-refractivity contribution in [2.45, 2.75) is 6.42 Å². The Kier molecular flexibility index (Phi) is 7.56. The van der Waals surface area contributed by atoms with E-state index in [4.69, 9.17) is 16.3 Å². The highest BCUT2D eigenvalue weighted by atomic mass is 35.5. The molecule has 0 heterocycles. The first-order valence-corrected chi connectivity index (χ1v) is 6.89. The fourth-order valence-corrected chi connectivity index (χ4v) is 1.86. The van der Waals surface area contributed by atoms with Crippen molar-refractivity contribution in [1.82, 2.24) is 10.2 Å². The zero-order valence-electron chi connectivity index (χ0n) is 11.8. The molecule has 0 aliphatic rings. The molecule has 0 amide bonds. The Morgan fingerprint density at radius 3 is 2.84 bits per heavy atom. The highest BCUT2D eigenvalue weighted by molar-refractivity contribution is 6.30. The van der Waals surface area contributed by atoms with E-state index in [1.807, 2.05) is 24.3 Å². The first kappa shape index (κ1) is 16.0. The lowest BCUT2D eigenvalue weighted by molar-refractivity contribution is 0.306. The third kappa shape index (κ3) is 6.62. The van der Waals surface area contributed by atoms with Crippen molar-refractivity contribution in [3.63, 3.8) is 0 Å². The minimum atomic E-state index is 0.652. The van der Waals surface area contributed by atoms with Crippen LogP contribution in [0.2, 0.25) is 5.02 Å². The lowest BCUT2D eigenvalue weighted by Crippen LogP contribution is -2.29. The molecule has 0 aliphatic heterocycles. The van der Waals surface area contributed by atoms with Crippen molar-refractivity contribution in [3.05, 3.63) is 41.4 Å². The van der Waals surface area contributed by atoms with E-state index in [9.17, 15) is 0 Å². The molecular formula is C15H23ClN2O. The van der Waals surface area contributed by atoms with Gasteiger partial charge in [-0.3, -0.25) is 0 Å². The summed E-state index contributed by atoms with van der Waals surface area (Å²) in [4.78, 5) is 2.15. The molecule has 4 heteroatoms. The van der Waals surface area contributed by atoms with Crippen molar-refractivity contribution >= 4 is 11.6 Å². The van der Waals surface area contributed by atoms with Crippen molar-refractivity contribution in [3.8, 4) is 5.75 Å². The quantitative estimate of drug-likeness (QED) is 0.557. The Balaban J connectivity index is 2.34. The number of halogens is 1. The van der Waals surface area contributed by atoms with Crippen molar-refractivity contribution in [1.29, 1.82) is 0 Å². The van der Waals surface area contributed by atoms with Gasteiger partial charge in [-0.05, 0) is 44.3 Å². The van der Waals surface area contributed by atoms with Crippen LogP contribution < -0.4 is 10.1 Å². The largest absolute Gasteiger partial charge is 0.492 e. The van der Waals surface area contributed by atoms with Crippen LogP contribution in [0.3, 0.4) is 0 Å². The minimum absolute atomic E-state index is 0.652. The second-order valence-electron chi connectivity index (χ2n) is 4.65. The number of nitrogens with one attached hydrogen (secondary N) is 1. The van der Waals surface area contributed by atoms with Crippen molar-refractivity contribution in [2.24, 2.45) is 0 Å². The highest BCUT2D eigenvalue weighted by Gasteiger charge is 2.03. The van der Waals surface area contributed by atoms with E-state index in [1.54, 1.807) is 0 Å². The zero-order chi connectivity index (χ0) is 14.1. The van der Waals surface area contributed by atoms with Crippen LogP contribution in [0.15, 0.2) is 30.9 Å². The third-order valence-electron chi connectivity index (χ3n) is 2.66. The van der Waals surface area contributed by atoms with Crippen LogP contribution in [-0.4, -0.2) is 45.2 Å². The summed E-state index contributed by atoms with van der Waals surface area (Å²) < 4.78 is 5.77. The molecule has 0 saturated carbocycles. The second-order valence-corrected chi connectivity index (χ2v) is 5.08. The molecule has 0 bridgehead atoms. The molecule has 1 N–H and O–H groups in total. The smallest absolute Gasteiger partial charge is 0.122 e. The van der Waals surface area contributed by atoms with Crippen LogP contribution in [0, 0.1) is 0 Å². The molecule has 0 saturated heterocycles. The number of allylic oxidation sites excluding steroid dienone is 1. The van der Waals surface area contributed by atoms with Crippen LogP contribution >= 0.6 is 11.6 Å². The van der Waals surface area contributed by atoms with Gasteiger partial charge in [-0.1, -0.05) is 17.7 Å². The predicted octanol–water partition coefficient (Wildman–Crippen LogP) is 2.60. The summed E-state index contributed by atoms with van der Waals surface area (Å²) in [6.45, 7) is 7.24. The standard InChI is InChI=1S/C15H23ClN2O/c1-4-5-13-12-14(16)6-7-15(13)19-11-9-17-8-10-18(2)3/h4,6-7,12,17H,1,5,8-11H2,2-3H3. The van der Waals surface area contributed by atoms with Gasteiger partial charge in [0.25, 0.3) is 0 Å². The average Bonchev–Trinajstić information content (AvgIpc) is 2.36. The average molecular weight is 283 g/mol. The number of benzene rings is 1. The van der Waals surface area contributed by atoms with Crippen LogP contribution in [0.4, 0.5) is 0 Å². The molecule has 1 rings (SSSR count). The summed E-state index contributed by atoms with van der Waals surface area (Å²) in [6.07, 6.45) is 2.62. The monoisotopic (exact) mass is 282 g/mol. The Morgan fingerprint density at radius 2 is 2.16 bits per heavy atom. The molecule has 1 aromatic rings. The first-order chi connectivity index (χ1) is 9.13. The molecule has 0 unspecified atom stereocenters. The van der Waals surface area contributed by atoms with E-state index in [0.717, 1.165) is 42.4 Å². The molecule has 19 heavy (non-hydrogen) atoms. The Labute approximate surface area is 121 Å². The van der Waals surface area contributed by atoms with Gasteiger partial charge in [0.15, 0.2) is 0 Å². The molecule has 0 aliphatic carbocycles. The first-order valence-electron chi connectivity index (χ1n) is 6.51.